The largest absolute Gasteiger partial charge is 0.309 e. The zero-order valence-electron chi connectivity index (χ0n) is 34.1. The summed E-state index contributed by atoms with van der Waals surface area (Å²) in [6.07, 6.45) is 0. The highest BCUT2D eigenvalue weighted by atomic mass is 15.1. The zero-order valence-corrected chi connectivity index (χ0v) is 34.1. The third kappa shape index (κ3) is 5.49. The fourth-order valence-corrected chi connectivity index (χ4v) is 10.5. The minimum atomic E-state index is -0.550. The Bertz CT molecular complexity index is 3420. The first-order valence-corrected chi connectivity index (χ1v) is 21.5. The van der Waals surface area contributed by atoms with Gasteiger partial charge in [0.2, 0.25) is 0 Å². The molecule has 11 aromatic carbocycles. The molecule has 0 bridgehead atoms. The van der Waals surface area contributed by atoms with Crippen LogP contribution < -0.4 is 4.90 Å². The average molecular weight is 788 g/mol. The predicted molar refractivity (Wildman–Crippen MR) is 262 cm³/mol. The van der Waals surface area contributed by atoms with E-state index in [1.807, 2.05) is 0 Å². The first-order chi connectivity index (χ1) is 30.8. The molecule has 0 heterocycles. The summed E-state index contributed by atoms with van der Waals surface area (Å²) in [6, 6.07) is 91.9. The Morgan fingerprint density at radius 1 is 0.290 bits per heavy atom. The number of fused-ring (bicyclic) bond motifs is 7. The fraction of sp³-hybridized carbons (Fsp3) is 0.0164. The van der Waals surface area contributed by atoms with E-state index in [4.69, 9.17) is 0 Å². The Morgan fingerprint density at radius 2 is 0.790 bits per heavy atom. The van der Waals surface area contributed by atoms with Crippen molar-refractivity contribution in [3.8, 4) is 33.4 Å². The van der Waals surface area contributed by atoms with Gasteiger partial charge in [-0.1, -0.05) is 224 Å². The molecule has 0 aliphatic heterocycles. The normalized spacial score (nSPS) is 12.6. The third-order valence-corrected chi connectivity index (χ3v) is 13.1. The second-order valence-corrected chi connectivity index (χ2v) is 16.4. The van der Waals surface area contributed by atoms with E-state index in [0.29, 0.717) is 0 Å². The lowest BCUT2D eigenvalue weighted by molar-refractivity contribution is 0.768. The molecule has 0 spiro atoms. The highest BCUT2D eigenvalue weighted by Crippen LogP contribution is 2.58. The van der Waals surface area contributed by atoms with Gasteiger partial charge in [-0.3, -0.25) is 0 Å². The van der Waals surface area contributed by atoms with Crippen LogP contribution in [0.2, 0.25) is 0 Å². The van der Waals surface area contributed by atoms with Crippen molar-refractivity contribution in [2.75, 3.05) is 4.90 Å². The average Bonchev–Trinajstić information content (AvgIpc) is 3.65. The molecule has 1 aliphatic carbocycles. The van der Waals surface area contributed by atoms with Crippen molar-refractivity contribution in [2.45, 2.75) is 5.41 Å². The van der Waals surface area contributed by atoms with Crippen molar-refractivity contribution in [1.82, 2.24) is 0 Å². The molecule has 1 nitrogen and oxygen atoms in total. The summed E-state index contributed by atoms with van der Waals surface area (Å²) in [5.41, 5.74) is 15.2. The molecule has 1 heteroatoms. The molecule has 0 saturated heterocycles. The maximum absolute atomic E-state index is 2.56. The van der Waals surface area contributed by atoms with Gasteiger partial charge < -0.3 is 4.90 Å². The van der Waals surface area contributed by atoms with Crippen molar-refractivity contribution in [3.05, 3.63) is 271 Å². The van der Waals surface area contributed by atoms with E-state index >= 15 is 0 Å². The molecular formula is C61H41N. The van der Waals surface area contributed by atoms with Crippen LogP contribution in [0.4, 0.5) is 17.1 Å². The number of hydrogen-bond acceptors (Lipinski definition) is 1. The van der Waals surface area contributed by atoms with Gasteiger partial charge in [-0.25, -0.2) is 0 Å². The summed E-state index contributed by atoms with van der Waals surface area (Å²) in [5.74, 6) is 0. The Hall–Kier alpha value is -8.00. The molecule has 290 valence electrons. The van der Waals surface area contributed by atoms with Crippen LogP contribution in [0.15, 0.2) is 249 Å². The highest BCUT2D eigenvalue weighted by molar-refractivity contribution is 6.24. The first kappa shape index (κ1) is 35.9. The lowest BCUT2D eigenvalue weighted by atomic mass is 9.67. The van der Waals surface area contributed by atoms with Gasteiger partial charge in [-0.2, -0.15) is 0 Å². The van der Waals surface area contributed by atoms with E-state index in [2.05, 4.69) is 254 Å². The second-order valence-electron chi connectivity index (χ2n) is 16.4. The van der Waals surface area contributed by atoms with Crippen LogP contribution >= 0.6 is 0 Å². The number of hydrogen-bond donors (Lipinski definition) is 0. The van der Waals surface area contributed by atoms with Crippen LogP contribution in [-0.4, -0.2) is 0 Å². The standard InChI is InChI=1S/C61H41N/c1-4-20-42(21-5-1)44-24-18-29-47(40-44)62(60-56-35-15-13-32-51(56)50-31-12-14-34-55(50)59(60)54-36-19-23-43-22-10-11-30-49(43)54)48-38-39-53-52-33-16-17-37-57(52)61(58(53)41-48,45-25-6-2-7-26-45)46-27-8-3-9-28-46/h1-41H. The third-order valence-electron chi connectivity index (χ3n) is 13.1. The van der Waals surface area contributed by atoms with Crippen LogP contribution in [0, 0.1) is 0 Å². The Labute approximate surface area is 362 Å². The van der Waals surface area contributed by atoms with Gasteiger partial charge >= 0.3 is 0 Å². The van der Waals surface area contributed by atoms with E-state index in [9.17, 15) is 0 Å². The molecule has 0 N–H and O–H groups in total. The minimum Gasteiger partial charge on any atom is -0.309 e. The Morgan fingerprint density at radius 3 is 1.53 bits per heavy atom. The number of anilines is 3. The first-order valence-electron chi connectivity index (χ1n) is 21.5. The lowest BCUT2D eigenvalue weighted by Gasteiger charge is -2.35. The summed E-state index contributed by atoms with van der Waals surface area (Å²) < 4.78 is 0. The molecule has 0 amide bonds. The molecule has 1 aliphatic rings. The summed E-state index contributed by atoms with van der Waals surface area (Å²) in [7, 11) is 0. The Kier molecular flexibility index (Phi) is 8.47. The zero-order chi connectivity index (χ0) is 41.0. The summed E-state index contributed by atoms with van der Waals surface area (Å²) in [4.78, 5) is 2.56. The molecule has 0 radical (unpaired) electrons. The van der Waals surface area contributed by atoms with Gasteiger partial charge in [0, 0.05) is 22.3 Å². The van der Waals surface area contributed by atoms with E-state index in [0.717, 1.165) is 17.1 Å². The SMILES string of the molecule is c1ccc(-c2cccc(N(c3ccc4c(c3)C(c3ccccc3)(c3ccccc3)c3ccccc3-4)c3c(-c4cccc5ccccc45)c4ccccc4c4ccccc34)c2)cc1. The van der Waals surface area contributed by atoms with E-state index in [1.54, 1.807) is 0 Å². The van der Waals surface area contributed by atoms with Crippen LogP contribution in [0.1, 0.15) is 22.3 Å². The molecule has 11 aromatic rings. The monoisotopic (exact) mass is 787 g/mol. The van der Waals surface area contributed by atoms with Crippen molar-refractivity contribution in [2.24, 2.45) is 0 Å². The second kappa shape index (κ2) is 14.6. The van der Waals surface area contributed by atoms with Crippen LogP contribution in [0.5, 0.6) is 0 Å². The lowest BCUT2D eigenvalue weighted by Crippen LogP contribution is -2.28. The van der Waals surface area contributed by atoms with Crippen molar-refractivity contribution in [1.29, 1.82) is 0 Å². The van der Waals surface area contributed by atoms with Gasteiger partial charge in [0.25, 0.3) is 0 Å². The fourth-order valence-electron chi connectivity index (χ4n) is 10.5. The summed E-state index contributed by atoms with van der Waals surface area (Å²) in [6.45, 7) is 0. The maximum atomic E-state index is 2.56. The van der Waals surface area contributed by atoms with E-state index in [-0.39, 0.29) is 0 Å². The van der Waals surface area contributed by atoms with Gasteiger partial charge in [0.1, 0.15) is 0 Å². The van der Waals surface area contributed by atoms with Crippen molar-refractivity contribution in [3.63, 3.8) is 0 Å². The molecule has 0 unspecified atom stereocenters. The van der Waals surface area contributed by atoms with E-state index in [1.165, 1.54) is 88.0 Å². The van der Waals surface area contributed by atoms with Gasteiger partial charge in [0.05, 0.1) is 11.1 Å². The maximum Gasteiger partial charge on any atom is 0.0714 e. The quantitative estimate of drug-likeness (QED) is 0.145. The Balaban J connectivity index is 1.24. The molecule has 0 saturated carbocycles. The van der Waals surface area contributed by atoms with Crippen LogP contribution in [0.25, 0.3) is 65.7 Å². The van der Waals surface area contributed by atoms with Crippen LogP contribution in [0.3, 0.4) is 0 Å². The van der Waals surface area contributed by atoms with Crippen molar-refractivity contribution >= 4 is 49.4 Å². The van der Waals surface area contributed by atoms with Gasteiger partial charge in [-0.15, -0.1) is 0 Å². The molecule has 0 atom stereocenters. The molecule has 0 fully saturated rings. The minimum absolute atomic E-state index is 0.550. The van der Waals surface area contributed by atoms with Gasteiger partial charge in [0.15, 0.2) is 0 Å². The van der Waals surface area contributed by atoms with E-state index < -0.39 is 5.41 Å². The molecule has 62 heavy (non-hydrogen) atoms. The van der Waals surface area contributed by atoms with Crippen LogP contribution in [-0.2, 0) is 5.41 Å². The smallest absolute Gasteiger partial charge is 0.0714 e. The molecular weight excluding hydrogens is 747 g/mol. The molecule has 12 rings (SSSR count). The van der Waals surface area contributed by atoms with Gasteiger partial charge in [-0.05, 0) is 101 Å². The number of rotatable bonds is 7. The number of benzene rings is 11. The topological polar surface area (TPSA) is 3.24 Å². The summed E-state index contributed by atoms with van der Waals surface area (Å²) in [5, 5.41) is 7.33. The highest BCUT2D eigenvalue weighted by Gasteiger charge is 2.46. The summed E-state index contributed by atoms with van der Waals surface area (Å²) >= 11 is 0. The number of nitrogens with zero attached hydrogens (tertiary/aromatic N) is 1. The van der Waals surface area contributed by atoms with Crippen molar-refractivity contribution < 1.29 is 0 Å². The molecule has 0 aromatic heterocycles. The predicted octanol–water partition coefficient (Wildman–Crippen LogP) is 16.3.